The number of hydrogen-bond acceptors (Lipinski definition) is 7. The van der Waals surface area contributed by atoms with E-state index in [4.69, 9.17) is 18.9 Å². The van der Waals surface area contributed by atoms with Gasteiger partial charge in [0.25, 0.3) is 0 Å². The first-order chi connectivity index (χ1) is 15.3. The van der Waals surface area contributed by atoms with Gasteiger partial charge in [-0.05, 0) is 49.5 Å². The van der Waals surface area contributed by atoms with Crippen LogP contribution in [0.15, 0.2) is 35.7 Å². The van der Waals surface area contributed by atoms with Crippen molar-refractivity contribution >= 4 is 22.9 Å². The lowest BCUT2D eigenvalue weighted by Crippen LogP contribution is -2.44. The Bertz CT molecular complexity index is 876. The molecule has 0 atom stereocenters. The fourth-order valence-electron chi connectivity index (χ4n) is 4.39. The van der Waals surface area contributed by atoms with E-state index in [9.17, 15) is 4.79 Å². The second kappa shape index (κ2) is 9.56. The minimum atomic E-state index is -0.0640. The number of likely N-dealkylation sites (tertiary alicyclic amines) is 1. The summed E-state index contributed by atoms with van der Waals surface area (Å²) in [7, 11) is 0. The van der Waals surface area contributed by atoms with Crippen molar-refractivity contribution in [1.82, 2.24) is 4.90 Å². The third-order valence-electron chi connectivity index (χ3n) is 6.06. The second-order valence-electron chi connectivity index (χ2n) is 8.11. The van der Waals surface area contributed by atoms with Gasteiger partial charge in [0, 0.05) is 22.5 Å². The van der Waals surface area contributed by atoms with Crippen LogP contribution in [0.25, 0.3) is 0 Å². The van der Waals surface area contributed by atoms with Gasteiger partial charge in [-0.15, -0.1) is 11.3 Å². The summed E-state index contributed by atoms with van der Waals surface area (Å²) < 4.78 is 22.7. The highest BCUT2D eigenvalue weighted by Gasteiger charge is 2.31. The van der Waals surface area contributed by atoms with Crippen molar-refractivity contribution in [2.45, 2.75) is 25.7 Å². The molecule has 5 rings (SSSR count). The molecule has 1 aromatic heterocycles. The molecule has 7 nitrogen and oxygen atoms in total. The number of nitrogens with zero attached hydrogens (tertiary/aromatic N) is 2. The molecule has 1 amide bonds. The van der Waals surface area contributed by atoms with Gasteiger partial charge in [-0.25, -0.2) is 0 Å². The number of fused-ring (bicyclic) bond motifs is 1. The van der Waals surface area contributed by atoms with Crippen molar-refractivity contribution in [3.05, 3.63) is 40.6 Å². The van der Waals surface area contributed by atoms with Crippen LogP contribution in [0.1, 0.15) is 17.7 Å². The number of ether oxygens (including phenoxy) is 4. The minimum Gasteiger partial charge on any atom is -0.486 e. The van der Waals surface area contributed by atoms with Gasteiger partial charge in [-0.3, -0.25) is 9.69 Å². The van der Waals surface area contributed by atoms with E-state index < -0.39 is 0 Å². The summed E-state index contributed by atoms with van der Waals surface area (Å²) in [6, 6.07) is 9.84. The number of carbonyl (C=O) groups is 1. The Kier molecular flexibility index (Phi) is 6.40. The van der Waals surface area contributed by atoms with Gasteiger partial charge in [0.1, 0.15) is 13.2 Å². The van der Waals surface area contributed by atoms with Gasteiger partial charge in [0.05, 0.1) is 26.3 Å². The first kappa shape index (κ1) is 20.8. The molecular weight excluding hydrogens is 416 g/mol. The zero-order valence-electron chi connectivity index (χ0n) is 17.5. The molecule has 0 radical (unpaired) electrons. The molecule has 0 aliphatic carbocycles. The quantitative estimate of drug-likeness (QED) is 0.682. The molecule has 2 aromatic rings. The first-order valence-electron chi connectivity index (χ1n) is 10.9. The second-order valence-corrected chi connectivity index (χ2v) is 9.14. The van der Waals surface area contributed by atoms with E-state index in [2.05, 4.69) is 11.0 Å². The smallest absolute Gasteiger partial charge is 0.241 e. The van der Waals surface area contributed by atoms with Crippen molar-refractivity contribution < 1.29 is 23.7 Å². The lowest BCUT2D eigenvalue weighted by atomic mass is 9.96. The van der Waals surface area contributed by atoms with Gasteiger partial charge in [-0.1, -0.05) is 6.07 Å². The molecule has 0 bridgehead atoms. The van der Waals surface area contributed by atoms with Crippen LogP contribution in [-0.4, -0.2) is 63.2 Å². The molecule has 31 heavy (non-hydrogen) atoms. The molecular formula is C23H28N2O5S. The van der Waals surface area contributed by atoms with Crippen LogP contribution in [-0.2, 0) is 20.8 Å². The van der Waals surface area contributed by atoms with Crippen LogP contribution in [0, 0.1) is 5.92 Å². The standard InChI is InChI=1S/C23H28N2O5S/c26-22(16-24-7-5-17(6-8-24)23-29-11-12-30-23)25(15-19-2-1-13-31-19)18-3-4-20-21(14-18)28-10-9-27-20/h1-4,13-14,17,23H,5-12,15-16H2. The van der Waals surface area contributed by atoms with Gasteiger partial charge >= 0.3 is 0 Å². The normalized spacial score (nSPS) is 20.1. The highest BCUT2D eigenvalue weighted by molar-refractivity contribution is 7.09. The lowest BCUT2D eigenvalue weighted by molar-refractivity contribution is -0.121. The van der Waals surface area contributed by atoms with E-state index in [0.29, 0.717) is 51.2 Å². The fraction of sp³-hybridized carbons (Fsp3) is 0.522. The molecule has 166 valence electrons. The SMILES string of the molecule is O=C(CN1CCC(C2OCCO2)CC1)N(Cc1cccs1)c1ccc2c(c1)OCCO2. The van der Waals surface area contributed by atoms with Crippen molar-refractivity contribution in [2.75, 3.05) is 51.0 Å². The van der Waals surface area contributed by atoms with Gasteiger partial charge in [-0.2, -0.15) is 0 Å². The number of hydrogen-bond donors (Lipinski definition) is 0. The molecule has 3 aliphatic rings. The van der Waals surface area contributed by atoms with Crippen LogP contribution in [0.3, 0.4) is 0 Å². The van der Waals surface area contributed by atoms with Crippen LogP contribution in [0.2, 0.25) is 0 Å². The number of thiophene rings is 1. The summed E-state index contributed by atoms with van der Waals surface area (Å²) in [5, 5.41) is 2.04. The molecule has 2 saturated heterocycles. The van der Waals surface area contributed by atoms with E-state index in [1.54, 1.807) is 11.3 Å². The highest BCUT2D eigenvalue weighted by Crippen LogP contribution is 2.35. The molecule has 2 fully saturated rings. The Morgan fingerprint density at radius 2 is 1.81 bits per heavy atom. The van der Waals surface area contributed by atoms with Crippen molar-refractivity contribution in [3.8, 4) is 11.5 Å². The molecule has 0 unspecified atom stereocenters. The molecule has 0 spiro atoms. The predicted octanol–water partition coefficient (Wildman–Crippen LogP) is 3.14. The van der Waals surface area contributed by atoms with E-state index in [0.717, 1.165) is 42.2 Å². The van der Waals surface area contributed by atoms with Gasteiger partial charge in [0.2, 0.25) is 5.91 Å². The molecule has 0 N–H and O–H groups in total. The van der Waals surface area contributed by atoms with E-state index in [1.165, 1.54) is 0 Å². The Morgan fingerprint density at radius 3 is 2.55 bits per heavy atom. The maximum absolute atomic E-state index is 13.4. The molecule has 0 saturated carbocycles. The molecule has 8 heteroatoms. The van der Waals surface area contributed by atoms with Crippen LogP contribution < -0.4 is 14.4 Å². The van der Waals surface area contributed by atoms with E-state index in [1.807, 2.05) is 34.5 Å². The average molecular weight is 445 g/mol. The number of amides is 1. The number of carbonyl (C=O) groups excluding carboxylic acids is 1. The summed E-state index contributed by atoms with van der Waals surface area (Å²) in [5.74, 6) is 1.95. The van der Waals surface area contributed by atoms with Crippen LogP contribution in [0.5, 0.6) is 11.5 Å². The zero-order chi connectivity index (χ0) is 21.0. The summed E-state index contributed by atoms with van der Waals surface area (Å²) in [6.45, 7) is 5.18. The summed E-state index contributed by atoms with van der Waals surface area (Å²) in [4.78, 5) is 18.7. The van der Waals surface area contributed by atoms with Crippen molar-refractivity contribution in [1.29, 1.82) is 0 Å². The fourth-order valence-corrected chi connectivity index (χ4v) is 5.08. The van der Waals surface area contributed by atoms with Crippen LogP contribution in [0.4, 0.5) is 5.69 Å². The average Bonchev–Trinajstić information content (AvgIpc) is 3.52. The third-order valence-corrected chi connectivity index (χ3v) is 6.92. The predicted molar refractivity (Wildman–Crippen MR) is 118 cm³/mol. The maximum Gasteiger partial charge on any atom is 0.241 e. The number of rotatable bonds is 6. The third kappa shape index (κ3) is 4.87. The molecule has 4 heterocycles. The minimum absolute atomic E-state index is 0.0640. The monoisotopic (exact) mass is 444 g/mol. The zero-order valence-corrected chi connectivity index (χ0v) is 18.4. The van der Waals surface area contributed by atoms with E-state index in [-0.39, 0.29) is 12.2 Å². The largest absolute Gasteiger partial charge is 0.486 e. The molecule has 3 aliphatic heterocycles. The number of piperidine rings is 1. The topological polar surface area (TPSA) is 60.5 Å². The summed E-state index contributed by atoms with van der Waals surface area (Å²) in [5.41, 5.74) is 0.838. The molecule has 1 aromatic carbocycles. The van der Waals surface area contributed by atoms with Gasteiger partial charge in [0.15, 0.2) is 17.8 Å². The summed E-state index contributed by atoms with van der Waals surface area (Å²) >= 11 is 1.66. The Hall–Kier alpha value is -2.13. The first-order valence-corrected chi connectivity index (χ1v) is 11.8. The highest BCUT2D eigenvalue weighted by atomic mass is 32.1. The maximum atomic E-state index is 13.4. The van der Waals surface area contributed by atoms with Crippen molar-refractivity contribution in [3.63, 3.8) is 0 Å². The van der Waals surface area contributed by atoms with Crippen LogP contribution >= 0.6 is 11.3 Å². The number of anilines is 1. The van der Waals surface area contributed by atoms with E-state index >= 15 is 0 Å². The summed E-state index contributed by atoms with van der Waals surface area (Å²) in [6.07, 6.45) is 1.92. The Morgan fingerprint density at radius 1 is 1.03 bits per heavy atom. The number of benzene rings is 1. The van der Waals surface area contributed by atoms with Gasteiger partial charge < -0.3 is 23.8 Å². The van der Waals surface area contributed by atoms with Crippen molar-refractivity contribution in [2.24, 2.45) is 5.92 Å². The lowest BCUT2D eigenvalue weighted by Gasteiger charge is -2.34. The Balaban J connectivity index is 1.27. The Labute approximate surface area is 186 Å².